The average molecular weight is 441 g/mol. The van der Waals surface area contributed by atoms with Gasteiger partial charge in [-0.15, -0.1) is 11.3 Å². The maximum atomic E-state index is 11.9. The molecule has 0 saturated carbocycles. The molecule has 0 spiro atoms. The maximum Gasteiger partial charge on any atom is 0.331 e. The van der Waals surface area contributed by atoms with Crippen LogP contribution in [0.4, 0.5) is 0 Å². The number of ether oxygens (including phenoxy) is 4. The van der Waals surface area contributed by atoms with Gasteiger partial charge in [0.25, 0.3) is 0 Å². The van der Waals surface area contributed by atoms with Crippen LogP contribution in [0.15, 0.2) is 34.1 Å². The van der Waals surface area contributed by atoms with Crippen molar-refractivity contribution in [2.45, 2.75) is 0 Å². The second-order valence-corrected chi connectivity index (χ2v) is 7.39. The number of halogens is 1. The molecule has 6 nitrogen and oxygen atoms in total. The minimum atomic E-state index is -0.622. The zero-order valence-corrected chi connectivity index (χ0v) is 16.8. The number of benzene rings is 1. The second kappa shape index (κ2) is 9.40. The third kappa shape index (κ3) is 5.09. The van der Waals surface area contributed by atoms with Crippen LogP contribution in [0.25, 0.3) is 6.08 Å². The van der Waals surface area contributed by atoms with Crippen molar-refractivity contribution in [1.29, 1.82) is 0 Å². The number of hydrogen-bond acceptors (Lipinski definition) is 7. The van der Waals surface area contributed by atoms with Gasteiger partial charge in [-0.1, -0.05) is 0 Å². The Morgan fingerprint density at radius 3 is 2.23 bits per heavy atom. The molecule has 0 aliphatic heterocycles. The first-order valence-electron chi connectivity index (χ1n) is 7.42. The standard InChI is InChI=1S/C18H17BrO6S/c1-22-13-8-11(9-14(23-2)18(13)24-3)4-7-17(21)25-10-12(20)15-5-6-16(19)26-15/h4-9H,10H2,1-3H3. The summed E-state index contributed by atoms with van der Waals surface area (Å²) in [5.41, 5.74) is 0.657. The van der Waals surface area contributed by atoms with Gasteiger partial charge in [-0.3, -0.25) is 4.79 Å². The third-order valence-electron chi connectivity index (χ3n) is 3.29. The molecular weight excluding hydrogens is 424 g/mol. The Labute approximate surface area is 163 Å². The van der Waals surface area contributed by atoms with E-state index in [1.54, 1.807) is 30.3 Å². The molecular formula is C18H17BrO6S. The Kier molecular flexibility index (Phi) is 7.23. The van der Waals surface area contributed by atoms with Crippen molar-refractivity contribution in [2.75, 3.05) is 27.9 Å². The second-order valence-electron chi connectivity index (χ2n) is 4.93. The summed E-state index contributed by atoms with van der Waals surface area (Å²) in [6.07, 6.45) is 2.78. The number of Topliss-reactive ketones (excluding diaryl/α,β-unsaturated/α-hetero) is 1. The van der Waals surface area contributed by atoms with Gasteiger partial charge in [-0.2, -0.15) is 0 Å². The molecule has 0 amide bonds. The highest BCUT2D eigenvalue weighted by molar-refractivity contribution is 9.11. The topological polar surface area (TPSA) is 71.1 Å². The van der Waals surface area contributed by atoms with E-state index in [1.807, 2.05) is 0 Å². The first kappa shape index (κ1) is 20.0. The summed E-state index contributed by atoms with van der Waals surface area (Å²) < 4.78 is 21.6. The predicted molar refractivity (Wildman–Crippen MR) is 102 cm³/mol. The van der Waals surface area contributed by atoms with Gasteiger partial charge in [0.15, 0.2) is 18.1 Å². The van der Waals surface area contributed by atoms with Gasteiger partial charge >= 0.3 is 5.97 Å². The van der Waals surface area contributed by atoms with E-state index in [9.17, 15) is 9.59 Å². The summed E-state index contributed by atoms with van der Waals surface area (Å²) in [6, 6.07) is 6.83. The molecule has 0 aliphatic rings. The number of methoxy groups -OCH3 is 3. The maximum absolute atomic E-state index is 11.9. The number of carbonyl (C=O) groups is 2. The Bertz CT molecular complexity index is 802. The average Bonchev–Trinajstić information content (AvgIpc) is 3.09. The Morgan fingerprint density at radius 1 is 1.08 bits per heavy atom. The van der Waals surface area contributed by atoms with Crippen LogP contribution in [0, 0.1) is 0 Å². The van der Waals surface area contributed by atoms with Crippen molar-refractivity contribution < 1.29 is 28.5 Å². The van der Waals surface area contributed by atoms with Gasteiger partial charge in [-0.25, -0.2) is 4.79 Å². The summed E-state index contributed by atoms with van der Waals surface area (Å²) in [5.74, 6) is 0.525. The quantitative estimate of drug-likeness (QED) is 0.351. The molecule has 0 saturated heterocycles. The number of esters is 1. The first-order chi connectivity index (χ1) is 12.5. The van der Waals surface area contributed by atoms with E-state index >= 15 is 0 Å². The number of rotatable bonds is 8. The van der Waals surface area contributed by atoms with E-state index in [0.717, 1.165) is 3.79 Å². The Hall–Kier alpha value is -2.32. The molecule has 8 heteroatoms. The summed E-state index contributed by atoms with van der Waals surface area (Å²) in [7, 11) is 4.53. The molecule has 1 aromatic carbocycles. The van der Waals surface area contributed by atoms with Crippen molar-refractivity contribution in [2.24, 2.45) is 0 Å². The normalized spacial score (nSPS) is 10.6. The molecule has 0 aliphatic carbocycles. The molecule has 1 heterocycles. The molecule has 0 fully saturated rings. The highest BCUT2D eigenvalue weighted by Gasteiger charge is 2.13. The summed E-state index contributed by atoms with van der Waals surface area (Å²) in [4.78, 5) is 24.3. The Balaban J connectivity index is 2.02. The van der Waals surface area contributed by atoms with Crippen LogP contribution in [-0.4, -0.2) is 39.7 Å². The van der Waals surface area contributed by atoms with E-state index in [4.69, 9.17) is 18.9 Å². The van der Waals surface area contributed by atoms with Crippen molar-refractivity contribution >= 4 is 45.1 Å². The van der Waals surface area contributed by atoms with Crippen molar-refractivity contribution in [1.82, 2.24) is 0 Å². The molecule has 0 bridgehead atoms. The fraction of sp³-hybridized carbons (Fsp3) is 0.222. The van der Waals surface area contributed by atoms with Crippen molar-refractivity contribution in [3.63, 3.8) is 0 Å². The smallest absolute Gasteiger partial charge is 0.331 e. The largest absolute Gasteiger partial charge is 0.493 e. The van der Waals surface area contributed by atoms with Crippen LogP contribution < -0.4 is 14.2 Å². The van der Waals surface area contributed by atoms with Crippen molar-refractivity contribution in [3.8, 4) is 17.2 Å². The summed E-state index contributed by atoms with van der Waals surface area (Å²) >= 11 is 4.57. The molecule has 2 rings (SSSR count). The van der Waals surface area contributed by atoms with Gasteiger partial charge in [-0.05, 0) is 51.8 Å². The minimum Gasteiger partial charge on any atom is -0.493 e. The van der Waals surface area contributed by atoms with Gasteiger partial charge in [0.05, 0.1) is 30.0 Å². The van der Waals surface area contributed by atoms with Crippen LogP contribution in [0.2, 0.25) is 0 Å². The zero-order chi connectivity index (χ0) is 19.1. The van der Waals surface area contributed by atoms with E-state index in [1.165, 1.54) is 38.7 Å². The summed E-state index contributed by atoms with van der Waals surface area (Å²) in [6.45, 7) is -0.314. The number of hydrogen-bond donors (Lipinski definition) is 0. The van der Waals surface area contributed by atoms with Gasteiger partial charge in [0.2, 0.25) is 11.5 Å². The van der Waals surface area contributed by atoms with Crippen molar-refractivity contribution in [3.05, 3.63) is 44.6 Å². The molecule has 0 N–H and O–H groups in total. The first-order valence-corrected chi connectivity index (χ1v) is 9.02. The monoisotopic (exact) mass is 440 g/mol. The highest BCUT2D eigenvalue weighted by Crippen LogP contribution is 2.38. The molecule has 0 radical (unpaired) electrons. The van der Waals surface area contributed by atoms with Crippen LogP contribution in [0.3, 0.4) is 0 Å². The third-order valence-corrected chi connectivity index (χ3v) is 4.96. The molecule has 2 aromatic rings. The number of ketones is 1. The molecule has 0 atom stereocenters. The van der Waals surface area contributed by atoms with Crippen LogP contribution in [0.5, 0.6) is 17.2 Å². The number of thiophene rings is 1. The Morgan fingerprint density at radius 2 is 1.73 bits per heavy atom. The highest BCUT2D eigenvalue weighted by atomic mass is 79.9. The minimum absolute atomic E-state index is 0.254. The van der Waals surface area contributed by atoms with Gasteiger partial charge < -0.3 is 18.9 Å². The fourth-order valence-corrected chi connectivity index (χ4v) is 3.39. The molecule has 0 unspecified atom stereocenters. The van der Waals surface area contributed by atoms with Crippen LogP contribution in [0.1, 0.15) is 15.2 Å². The zero-order valence-electron chi connectivity index (χ0n) is 14.4. The summed E-state index contributed by atoms with van der Waals surface area (Å²) in [5, 5.41) is 0. The van der Waals surface area contributed by atoms with E-state index < -0.39 is 5.97 Å². The molecule has 1 aromatic heterocycles. The van der Waals surface area contributed by atoms with Gasteiger partial charge in [0, 0.05) is 6.08 Å². The molecule has 138 valence electrons. The van der Waals surface area contributed by atoms with E-state index in [-0.39, 0.29) is 12.4 Å². The van der Waals surface area contributed by atoms with Gasteiger partial charge in [0.1, 0.15) is 0 Å². The van der Waals surface area contributed by atoms with Crippen LogP contribution in [-0.2, 0) is 9.53 Å². The lowest BCUT2D eigenvalue weighted by atomic mass is 10.1. The SMILES string of the molecule is COc1cc(C=CC(=O)OCC(=O)c2ccc(Br)s2)cc(OC)c1OC. The fourth-order valence-electron chi connectivity index (χ4n) is 2.08. The lowest BCUT2D eigenvalue weighted by molar-refractivity contribution is -0.136. The predicted octanol–water partition coefficient (Wildman–Crippen LogP) is 3.98. The number of carbonyl (C=O) groups excluding carboxylic acids is 2. The van der Waals surface area contributed by atoms with E-state index in [2.05, 4.69) is 15.9 Å². The lowest BCUT2D eigenvalue weighted by Gasteiger charge is -2.12. The van der Waals surface area contributed by atoms with E-state index in [0.29, 0.717) is 27.7 Å². The lowest BCUT2D eigenvalue weighted by Crippen LogP contribution is -2.11. The molecule has 26 heavy (non-hydrogen) atoms. The van der Waals surface area contributed by atoms with Crippen LogP contribution >= 0.6 is 27.3 Å².